The highest BCUT2D eigenvalue weighted by atomic mass is 31.0. The molecule has 0 aliphatic heterocycles. The summed E-state index contributed by atoms with van der Waals surface area (Å²) in [7, 11) is 3.18. The zero-order valence-corrected chi connectivity index (χ0v) is 18.1. The second-order valence-corrected chi connectivity index (χ2v) is 8.79. The third-order valence-corrected chi connectivity index (χ3v) is 4.83. The topological polar surface area (TPSA) is 69.2 Å². The van der Waals surface area contributed by atoms with Crippen LogP contribution in [0, 0.1) is 10.8 Å². The highest BCUT2D eigenvalue weighted by Crippen LogP contribution is 2.46. The van der Waals surface area contributed by atoms with Gasteiger partial charge in [0.1, 0.15) is 0 Å². The highest BCUT2D eigenvalue weighted by Gasteiger charge is 2.41. The molecule has 1 N–H and O–H groups in total. The van der Waals surface area contributed by atoms with Crippen molar-refractivity contribution in [1.29, 1.82) is 0 Å². The van der Waals surface area contributed by atoms with Gasteiger partial charge in [-0.2, -0.15) is 8.78 Å². The first kappa shape index (κ1) is 24.0. The van der Waals surface area contributed by atoms with Crippen molar-refractivity contribution in [2.24, 2.45) is 15.8 Å². The first-order valence-corrected chi connectivity index (χ1v) is 9.78. The predicted octanol–water partition coefficient (Wildman–Crippen LogP) is 4.19. The van der Waals surface area contributed by atoms with Crippen molar-refractivity contribution in [2.45, 2.75) is 65.5 Å². The molecule has 9 heteroatoms. The van der Waals surface area contributed by atoms with Crippen molar-refractivity contribution in [3.05, 3.63) is 0 Å². The molecule has 3 atom stereocenters. The Morgan fingerprint density at radius 2 is 1.96 bits per heavy atom. The summed E-state index contributed by atoms with van der Waals surface area (Å²) in [6.07, 6.45) is -0.557. The molecule has 1 saturated carbocycles. The monoisotopic (exact) mass is 410 g/mol. The molecule has 0 radical (unpaired) electrons. The molecule has 0 aromatic heterocycles. The molecule has 1 rings (SSSR count). The van der Waals surface area contributed by atoms with Gasteiger partial charge in [0.2, 0.25) is 0 Å². The fourth-order valence-electron chi connectivity index (χ4n) is 3.77. The van der Waals surface area contributed by atoms with Crippen molar-refractivity contribution < 1.29 is 27.8 Å². The van der Waals surface area contributed by atoms with E-state index in [-0.39, 0.29) is 22.5 Å². The van der Waals surface area contributed by atoms with Gasteiger partial charge in [0.25, 0.3) is 0 Å². The molecule has 1 amide bonds. The lowest BCUT2D eigenvalue weighted by Gasteiger charge is -2.45. The molecule has 0 bridgehead atoms. The Bertz CT molecular complexity index is 531. The number of nitrogens with zero attached hydrogens (tertiary/aromatic N) is 1. The Morgan fingerprint density at radius 1 is 1.30 bits per heavy atom. The molecule has 1 fully saturated rings. The maximum atomic E-state index is 13.1. The number of alkyl halides is 2. The van der Waals surface area contributed by atoms with Gasteiger partial charge in [0.15, 0.2) is 12.2 Å². The molecule has 0 saturated heterocycles. The number of rotatable bonds is 8. The lowest BCUT2D eigenvalue weighted by molar-refractivity contribution is -0.238. The van der Waals surface area contributed by atoms with E-state index < -0.39 is 18.8 Å². The summed E-state index contributed by atoms with van der Waals surface area (Å²) in [4.78, 5) is 16.2. The zero-order valence-electron chi connectivity index (χ0n) is 16.9. The van der Waals surface area contributed by atoms with Crippen LogP contribution in [0.1, 0.15) is 53.4 Å². The van der Waals surface area contributed by atoms with Crippen LogP contribution < -0.4 is 5.32 Å². The van der Waals surface area contributed by atoms with Crippen LogP contribution in [-0.4, -0.2) is 50.8 Å². The van der Waals surface area contributed by atoms with Crippen LogP contribution in [0.15, 0.2) is 4.99 Å². The zero-order chi connectivity index (χ0) is 20.7. The van der Waals surface area contributed by atoms with Gasteiger partial charge in [-0.05, 0) is 45.8 Å². The molecule has 0 aromatic carbocycles. The van der Waals surface area contributed by atoms with Crippen molar-refractivity contribution in [3.8, 4) is 0 Å². The van der Waals surface area contributed by atoms with E-state index in [2.05, 4.69) is 45.1 Å². The molecule has 6 nitrogen and oxygen atoms in total. The Morgan fingerprint density at radius 3 is 2.56 bits per heavy atom. The third-order valence-electron chi connectivity index (χ3n) is 4.52. The fraction of sp³-hybridized carbons (Fsp3) is 0.889. The maximum absolute atomic E-state index is 13.1. The van der Waals surface area contributed by atoms with Crippen LogP contribution in [0.4, 0.5) is 13.6 Å². The summed E-state index contributed by atoms with van der Waals surface area (Å²) in [5.74, 6) is 0. The van der Waals surface area contributed by atoms with Gasteiger partial charge in [0.05, 0.1) is 12.6 Å². The first-order valence-electron chi connectivity index (χ1n) is 9.20. The minimum atomic E-state index is -3.35. The van der Waals surface area contributed by atoms with Crippen molar-refractivity contribution in [3.63, 3.8) is 0 Å². The lowest BCUT2D eigenvalue weighted by atomic mass is 9.63. The molecular weight excluding hydrogens is 377 g/mol. The van der Waals surface area contributed by atoms with E-state index in [1.54, 1.807) is 0 Å². The summed E-state index contributed by atoms with van der Waals surface area (Å²) < 4.78 is 40.4. The fourth-order valence-corrected chi connectivity index (χ4v) is 4.06. The molecular formula is C18H33F2N2O4P. The van der Waals surface area contributed by atoms with Crippen LogP contribution in [0.3, 0.4) is 0 Å². The Kier molecular flexibility index (Phi) is 8.87. The lowest BCUT2D eigenvalue weighted by Crippen LogP contribution is -2.45. The van der Waals surface area contributed by atoms with Gasteiger partial charge in [-0.1, -0.05) is 27.7 Å². The van der Waals surface area contributed by atoms with Gasteiger partial charge in [-0.25, -0.2) is 9.79 Å². The van der Waals surface area contributed by atoms with Crippen LogP contribution in [0.5, 0.6) is 0 Å². The number of amides is 1. The third kappa shape index (κ3) is 9.15. The number of alkyl carbamates (subject to hydrolysis) is 1. The summed E-state index contributed by atoms with van der Waals surface area (Å²) in [6.45, 7) is 8.30. The van der Waals surface area contributed by atoms with Gasteiger partial charge < -0.3 is 19.5 Å². The van der Waals surface area contributed by atoms with Crippen LogP contribution in [-0.2, 0) is 14.2 Å². The number of carbonyl (C=O) groups excluding carboxylic acids is 1. The second kappa shape index (κ2) is 9.97. The molecule has 1 aliphatic rings. The summed E-state index contributed by atoms with van der Waals surface area (Å²) in [5.41, 5.74) is -0.0488. The number of halogens is 2. The Balaban J connectivity index is 2.70. The summed E-state index contributed by atoms with van der Waals surface area (Å²) in [5, 5.41) is 2.83. The highest BCUT2D eigenvalue weighted by molar-refractivity contribution is 7.39. The quantitative estimate of drug-likeness (QED) is 0.370. The van der Waals surface area contributed by atoms with Crippen molar-refractivity contribution in [2.75, 3.05) is 26.9 Å². The number of aliphatic imine (C=N–C) groups is 1. The van der Waals surface area contributed by atoms with Gasteiger partial charge in [-0.15, -0.1) is 0 Å². The van der Waals surface area contributed by atoms with Crippen molar-refractivity contribution >= 4 is 21.0 Å². The Labute approximate surface area is 163 Å². The van der Waals surface area contributed by atoms with Crippen molar-refractivity contribution in [1.82, 2.24) is 5.32 Å². The number of hydrogen-bond donors (Lipinski definition) is 1. The summed E-state index contributed by atoms with van der Waals surface area (Å²) in [6, 6.07) is -0.0871. The molecule has 3 unspecified atom stereocenters. The smallest absolute Gasteiger partial charge is 0.407 e. The van der Waals surface area contributed by atoms with Crippen LogP contribution in [0.2, 0.25) is 0 Å². The Hall–Kier alpha value is -1.01. The normalized spacial score (nSPS) is 25.8. The predicted molar refractivity (Wildman–Crippen MR) is 104 cm³/mol. The average molecular weight is 410 g/mol. The van der Waals surface area contributed by atoms with Gasteiger partial charge in [0, 0.05) is 13.7 Å². The minimum Gasteiger partial charge on any atom is -0.469 e. The van der Waals surface area contributed by atoms with E-state index in [4.69, 9.17) is 9.47 Å². The van der Waals surface area contributed by atoms with E-state index in [1.165, 1.54) is 0 Å². The number of nitrogens with one attached hydrogen (secondary N) is 1. The second-order valence-electron chi connectivity index (χ2n) is 8.30. The van der Waals surface area contributed by atoms with E-state index >= 15 is 0 Å². The summed E-state index contributed by atoms with van der Waals surface area (Å²) >= 11 is 0. The molecule has 0 spiro atoms. The van der Waals surface area contributed by atoms with E-state index in [9.17, 15) is 13.6 Å². The number of hydrogen-bond acceptors (Lipinski definition) is 5. The molecule has 1 aliphatic carbocycles. The SMILES string of the molecule is CCCOC(=O)NCC1(C)CC(N=C(P)OCC(F)(F)OC)CC(C)(C)C1. The maximum Gasteiger partial charge on any atom is 0.407 e. The number of carbonyl (C=O) groups is 1. The van der Waals surface area contributed by atoms with Gasteiger partial charge >= 0.3 is 12.2 Å². The van der Waals surface area contributed by atoms with Crippen LogP contribution >= 0.6 is 9.24 Å². The van der Waals surface area contributed by atoms with E-state index in [0.717, 1.165) is 26.4 Å². The number of ether oxygens (including phenoxy) is 3. The van der Waals surface area contributed by atoms with E-state index in [1.807, 2.05) is 6.92 Å². The molecule has 0 aromatic rings. The molecule has 158 valence electrons. The van der Waals surface area contributed by atoms with Crippen LogP contribution in [0.25, 0.3) is 0 Å². The average Bonchev–Trinajstić information content (AvgIpc) is 2.54. The van der Waals surface area contributed by atoms with E-state index in [0.29, 0.717) is 19.6 Å². The van der Waals surface area contributed by atoms with Gasteiger partial charge in [-0.3, -0.25) is 0 Å². The molecule has 0 heterocycles. The standard InChI is InChI=1S/C18H33F2N2O4P/c1-6-7-25-14(23)21-11-17(4)9-13(8-16(2,3)10-17)22-15(27)26-12-18(19,20)24-5/h13H,6-12,27H2,1-5H3,(H,21,23). The molecule has 27 heavy (non-hydrogen) atoms. The largest absolute Gasteiger partial charge is 0.469 e. The minimum absolute atomic E-state index is 0.00240. The number of methoxy groups -OCH3 is 1. The first-order chi connectivity index (χ1) is 12.4.